The molecule has 0 aromatic carbocycles. The van der Waals surface area contributed by atoms with Crippen molar-refractivity contribution in [1.29, 1.82) is 0 Å². The Bertz CT molecular complexity index is 854. The molecule has 216 valence electrons. The van der Waals surface area contributed by atoms with Crippen LogP contribution in [-0.4, -0.2) is 63.1 Å². The second-order valence-corrected chi connectivity index (χ2v) is 11.3. The van der Waals surface area contributed by atoms with E-state index < -0.39 is 24.1 Å². The molecule has 1 aliphatic carbocycles. The first-order valence-corrected chi connectivity index (χ1v) is 13.2. The molecule has 0 bridgehead atoms. The summed E-state index contributed by atoms with van der Waals surface area (Å²) < 4.78 is 20.6. The van der Waals surface area contributed by atoms with Gasteiger partial charge in [-0.05, 0) is 69.6 Å². The third-order valence-corrected chi connectivity index (χ3v) is 6.13. The molecule has 1 rings (SSSR count). The number of hydrogen-bond donors (Lipinski definition) is 2. The normalized spacial score (nSPS) is 20.0. The summed E-state index contributed by atoms with van der Waals surface area (Å²) in [5, 5.41) is 5.82. The summed E-state index contributed by atoms with van der Waals surface area (Å²) in [4.78, 5) is 47.2. The van der Waals surface area contributed by atoms with Crippen LogP contribution in [0.5, 0.6) is 0 Å². The third-order valence-electron chi connectivity index (χ3n) is 6.13. The van der Waals surface area contributed by atoms with Gasteiger partial charge in [-0.1, -0.05) is 33.9 Å². The van der Waals surface area contributed by atoms with E-state index in [4.69, 9.17) is 18.9 Å². The Morgan fingerprint density at radius 3 is 1.66 bits per heavy atom. The Kier molecular flexibility index (Phi) is 13.9. The van der Waals surface area contributed by atoms with E-state index in [9.17, 15) is 19.2 Å². The van der Waals surface area contributed by atoms with Crippen LogP contribution in [0.1, 0.15) is 79.6 Å². The van der Waals surface area contributed by atoms with Gasteiger partial charge in [-0.2, -0.15) is 0 Å². The molecular formula is C28H46N2O8. The summed E-state index contributed by atoms with van der Waals surface area (Å²) in [5.74, 6) is -0.847. The van der Waals surface area contributed by atoms with Crippen molar-refractivity contribution in [2.45, 2.75) is 85.6 Å². The summed E-state index contributed by atoms with van der Waals surface area (Å²) in [7, 11) is 0. The zero-order valence-corrected chi connectivity index (χ0v) is 23.7. The molecule has 0 radical (unpaired) electrons. The molecule has 2 unspecified atom stereocenters. The van der Waals surface area contributed by atoms with Crippen molar-refractivity contribution in [2.75, 3.05) is 33.0 Å². The Balaban J connectivity index is 2.34. The molecule has 1 fully saturated rings. The minimum atomic E-state index is -0.494. The first-order valence-electron chi connectivity index (χ1n) is 13.2. The highest BCUT2D eigenvalue weighted by Crippen LogP contribution is 2.45. The third kappa shape index (κ3) is 14.0. The molecule has 0 aliphatic heterocycles. The van der Waals surface area contributed by atoms with Crippen LogP contribution in [0.4, 0.5) is 9.59 Å². The summed E-state index contributed by atoms with van der Waals surface area (Å²) in [5.41, 5.74) is 0.434. The fourth-order valence-electron chi connectivity index (χ4n) is 4.73. The molecule has 2 atom stereocenters. The lowest BCUT2D eigenvalue weighted by atomic mass is 9.62. The van der Waals surface area contributed by atoms with Crippen LogP contribution in [0.2, 0.25) is 0 Å². The van der Waals surface area contributed by atoms with Gasteiger partial charge < -0.3 is 29.6 Å². The minimum absolute atomic E-state index is 0.0368. The number of hydrogen-bond acceptors (Lipinski definition) is 8. The van der Waals surface area contributed by atoms with E-state index in [2.05, 4.69) is 44.6 Å². The number of unbranched alkanes of at least 4 members (excludes halogenated alkanes) is 2. The minimum Gasteiger partial charge on any atom is -0.462 e. The Labute approximate surface area is 226 Å². The largest absolute Gasteiger partial charge is 0.462 e. The van der Waals surface area contributed by atoms with Crippen molar-refractivity contribution in [2.24, 2.45) is 10.8 Å². The van der Waals surface area contributed by atoms with Gasteiger partial charge in [0.25, 0.3) is 0 Å². The SMILES string of the molecule is C=C(C)C(=O)OCCCCOC(=O)NCC1(C)CC(NC(=O)OCCCCOC(=O)C(=C)C)CC(C)(C)C1. The lowest BCUT2D eigenvalue weighted by Gasteiger charge is -2.46. The van der Waals surface area contributed by atoms with E-state index in [1.165, 1.54) is 0 Å². The summed E-state index contributed by atoms with van der Waals surface area (Å²) in [6, 6.07) is -0.0903. The van der Waals surface area contributed by atoms with Gasteiger partial charge in [0, 0.05) is 23.7 Å². The van der Waals surface area contributed by atoms with Gasteiger partial charge in [0.2, 0.25) is 0 Å². The number of carbonyl (C=O) groups excluding carboxylic acids is 4. The first kappa shape index (κ1) is 33.0. The number of rotatable bonds is 15. The van der Waals surface area contributed by atoms with Gasteiger partial charge in [-0.15, -0.1) is 0 Å². The predicted octanol–water partition coefficient (Wildman–Crippen LogP) is 4.82. The van der Waals surface area contributed by atoms with Gasteiger partial charge in [0.15, 0.2) is 0 Å². The number of esters is 2. The number of ether oxygens (including phenoxy) is 4. The number of carbonyl (C=O) groups is 4. The first-order chi connectivity index (χ1) is 17.7. The summed E-state index contributed by atoms with van der Waals surface area (Å²) in [6.45, 7) is 18.0. The number of amides is 2. The Hall–Kier alpha value is -3.04. The van der Waals surface area contributed by atoms with Gasteiger partial charge in [0.1, 0.15) is 0 Å². The van der Waals surface area contributed by atoms with Crippen molar-refractivity contribution in [3.8, 4) is 0 Å². The second kappa shape index (κ2) is 16.0. The molecule has 0 heterocycles. The predicted molar refractivity (Wildman–Crippen MR) is 143 cm³/mol. The van der Waals surface area contributed by atoms with Crippen LogP contribution in [-0.2, 0) is 28.5 Å². The molecule has 2 amide bonds. The smallest absolute Gasteiger partial charge is 0.407 e. The van der Waals surface area contributed by atoms with Crippen molar-refractivity contribution in [3.63, 3.8) is 0 Å². The zero-order chi connectivity index (χ0) is 28.8. The monoisotopic (exact) mass is 538 g/mol. The standard InChI is InChI=1S/C28H46N2O8/c1-20(2)23(31)35-12-8-10-14-37-25(33)29-19-28(7)17-22(16-27(5,6)18-28)30-26(34)38-15-11-9-13-36-24(32)21(3)4/h22H,1,3,8-19H2,2,4-7H3,(H,29,33)(H,30,34). The highest BCUT2D eigenvalue weighted by atomic mass is 16.6. The highest BCUT2D eigenvalue weighted by molar-refractivity contribution is 5.87. The molecular weight excluding hydrogens is 492 g/mol. The van der Waals surface area contributed by atoms with Gasteiger partial charge in [0.05, 0.1) is 26.4 Å². The number of nitrogens with one attached hydrogen (secondary N) is 2. The summed E-state index contributed by atoms with van der Waals surface area (Å²) >= 11 is 0. The van der Waals surface area contributed by atoms with Gasteiger partial charge in [-0.3, -0.25) is 0 Å². The molecule has 1 saturated carbocycles. The van der Waals surface area contributed by atoms with Crippen molar-refractivity contribution in [1.82, 2.24) is 10.6 Å². The van der Waals surface area contributed by atoms with Crippen LogP contribution in [0, 0.1) is 10.8 Å². The maximum absolute atomic E-state index is 12.3. The van der Waals surface area contributed by atoms with E-state index in [1.807, 2.05) is 0 Å². The fourth-order valence-corrected chi connectivity index (χ4v) is 4.73. The Morgan fingerprint density at radius 1 is 0.737 bits per heavy atom. The lowest BCUT2D eigenvalue weighted by molar-refractivity contribution is -0.140. The lowest BCUT2D eigenvalue weighted by Crippen LogP contribution is -2.50. The van der Waals surface area contributed by atoms with Crippen LogP contribution in [0.15, 0.2) is 24.3 Å². The van der Waals surface area contributed by atoms with E-state index in [0.29, 0.717) is 49.8 Å². The van der Waals surface area contributed by atoms with E-state index in [0.717, 1.165) is 12.8 Å². The van der Waals surface area contributed by atoms with Crippen LogP contribution < -0.4 is 10.6 Å². The average molecular weight is 539 g/mol. The number of alkyl carbamates (subject to hydrolysis) is 2. The van der Waals surface area contributed by atoms with Gasteiger partial charge >= 0.3 is 24.1 Å². The zero-order valence-electron chi connectivity index (χ0n) is 23.7. The maximum Gasteiger partial charge on any atom is 0.407 e. The van der Waals surface area contributed by atoms with Crippen LogP contribution in [0.25, 0.3) is 0 Å². The van der Waals surface area contributed by atoms with E-state index in [-0.39, 0.29) is 43.3 Å². The Morgan fingerprint density at radius 2 is 1.18 bits per heavy atom. The van der Waals surface area contributed by atoms with E-state index in [1.54, 1.807) is 13.8 Å². The molecule has 10 heteroatoms. The van der Waals surface area contributed by atoms with E-state index >= 15 is 0 Å². The molecule has 0 saturated heterocycles. The molecule has 1 aliphatic rings. The van der Waals surface area contributed by atoms with Crippen LogP contribution >= 0.6 is 0 Å². The average Bonchev–Trinajstić information content (AvgIpc) is 2.80. The molecule has 0 aromatic rings. The second-order valence-electron chi connectivity index (χ2n) is 11.3. The fraction of sp³-hybridized carbons (Fsp3) is 0.714. The van der Waals surface area contributed by atoms with Crippen molar-refractivity contribution < 1.29 is 38.1 Å². The molecule has 2 N–H and O–H groups in total. The maximum atomic E-state index is 12.3. The highest BCUT2D eigenvalue weighted by Gasteiger charge is 2.42. The van der Waals surface area contributed by atoms with Crippen LogP contribution in [0.3, 0.4) is 0 Å². The van der Waals surface area contributed by atoms with Gasteiger partial charge in [-0.25, -0.2) is 19.2 Å². The molecule has 10 nitrogen and oxygen atoms in total. The molecule has 38 heavy (non-hydrogen) atoms. The molecule has 0 spiro atoms. The topological polar surface area (TPSA) is 129 Å². The summed E-state index contributed by atoms with van der Waals surface area (Å²) in [6.07, 6.45) is 3.73. The quantitative estimate of drug-likeness (QED) is 0.131. The molecule has 0 aromatic heterocycles. The van der Waals surface area contributed by atoms with Crippen molar-refractivity contribution >= 4 is 24.1 Å². The van der Waals surface area contributed by atoms with Crippen molar-refractivity contribution in [3.05, 3.63) is 24.3 Å².